The van der Waals surface area contributed by atoms with Gasteiger partial charge in [-0.25, -0.2) is 4.68 Å². The van der Waals surface area contributed by atoms with Crippen LogP contribution in [0.4, 0.5) is 0 Å². The molecule has 1 saturated heterocycles. The van der Waals surface area contributed by atoms with E-state index >= 15 is 0 Å². The molecule has 1 aliphatic heterocycles. The highest BCUT2D eigenvalue weighted by molar-refractivity contribution is 6.03. The van der Waals surface area contributed by atoms with Crippen molar-refractivity contribution in [2.24, 2.45) is 0 Å². The lowest BCUT2D eigenvalue weighted by Crippen LogP contribution is -2.52. The van der Waals surface area contributed by atoms with Crippen molar-refractivity contribution in [3.05, 3.63) is 47.8 Å². The van der Waals surface area contributed by atoms with Crippen LogP contribution in [0, 0.1) is 6.92 Å². The summed E-state index contributed by atoms with van der Waals surface area (Å²) in [4.78, 5) is 35.4. The number of aromatic nitrogens is 2. The molecule has 2 heterocycles. The average molecular weight is 312 g/mol. The molecule has 1 atom stereocenters. The van der Waals surface area contributed by atoms with Crippen molar-refractivity contribution >= 4 is 17.7 Å². The first-order valence-corrected chi connectivity index (χ1v) is 7.31. The van der Waals surface area contributed by atoms with Gasteiger partial charge in [-0.1, -0.05) is 18.2 Å². The van der Waals surface area contributed by atoms with Crippen LogP contribution in [0.3, 0.4) is 0 Å². The molecule has 7 nitrogen and oxygen atoms in total. The van der Waals surface area contributed by atoms with Crippen LogP contribution in [0.25, 0.3) is 5.69 Å². The predicted octanol–water partition coefficient (Wildman–Crippen LogP) is 0.716. The second kappa shape index (κ2) is 6.04. The highest BCUT2D eigenvalue weighted by Crippen LogP contribution is 2.13. The number of carbonyl (C=O) groups excluding carboxylic acids is 3. The molecule has 0 radical (unpaired) electrons. The van der Waals surface area contributed by atoms with Gasteiger partial charge < -0.3 is 5.32 Å². The van der Waals surface area contributed by atoms with Crippen molar-refractivity contribution in [1.82, 2.24) is 20.4 Å². The Morgan fingerprint density at radius 2 is 2.04 bits per heavy atom. The fourth-order valence-electron chi connectivity index (χ4n) is 2.49. The van der Waals surface area contributed by atoms with Gasteiger partial charge in [0.05, 0.1) is 11.4 Å². The van der Waals surface area contributed by atoms with Gasteiger partial charge in [-0.2, -0.15) is 5.10 Å². The minimum Gasteiger partial charge on any atom is -0.339 e. The first kappa shape index (κ1) is 15.0. The minimum atomic E-state index is -0.709. The molecule has 1 aromatic heterocycles. The molecule has 3 amide bonds. The van der Waals surface area contributed by atoms with Gasteiger partial charge in [0.25, 0.3) is 5.91 Å². The Balaban J connectivity index is 1.83. The number of nitrogens with zero attached hydrogens (tertiary/aromatic N) is 2. The number of imide groups is 1. The van der Waals surface area contributed by atoms with E-state index in [1.807, 2.05) is 30.3 Å². The second-order valence-corrected chi connectivity index (χ2v) is 5.40. The summed E-state index contributed by atoms with van der Waals surface area (Å²) >= 11 is 0. The molecule has 3 rings (SSSR count). The molecule has 1 aliphatic rings. The third-order valence-electron chi connectivity index (χ3n) is 3.61. The predicted molar refractivity (Wildman–Crippen MR) is 81.9 cm³/mol. The molecular formula is C16H16N4O3. The maximum Gasteiger partial charge on any atom is 0.270 e. The van der Waals surface area contributed by atoms with E-state index in [2.05, 4.69) is 15.7 Å². The number of carbonyl (C=O) groups is 3. The van der Waals surface area contributed by atoms with Crippen molar-refractivity contribution in [3.63, 3.8) is 0 Å². The number of aryl methyl sites for hydroxylation is 1. The molecule has 118 valence electrons. The van der Waals surface area contributed by atoms with Gasteiger partial charge in [0, 0.05) is 6.42 Å². The Kier molecular flexibility index (Phi) is 3.92. The lowest BCUT2D eigenvalue weighted by molar-refractivity contribution is -0.134. The summed E-state index contributed by atoms with van der Waals surface area (Å²) in [5.41, 5.74) is 1.80. The van der Waals surface area contributed by atoms with Crippen LogP contribution in [-0.2, 0) is 9.59 Å². The highest BCUT2D eigenvalue weighted by Gasteiger charge is 2.29. The standard InChI is InChI=1S/C16H16N4O3/c1-10-9-13(20(19-10)11-5-3-2-4-6-11)16(23)17-12-7-8-14(21)18-15(12)22/h2-6,9,12H,7-8H2,1H3,(H,17,23)(H,18,21,22). The maximum atomic E-state index is 12.5. The minimum absolute atomic E-state index is 0.216. The summed E-state index contributed by atoms with van der Waals surface area (Å²) in [5.74, 6) is -1.19. The van der Waals surface area contributed by atoms with E-state index in [1.54, 1.807) is 13.0 Å². The van der Waals surface area contributed by atoms with E-state index < -0.39 is 17.9 Å². The zero-order chi connectivity index (χ0) is 16.4. The van der Waals surface area contributed by atoms with Crippen LogP contribution in [-0.4, -0.2) is 33.5 Å². The zero-order valence-corrected chi connectivity index (χ0v) is 12.6. The van der Waals surface area contributed by atoms with Gasteiger partial charge in [0.2, 0.25) is 11.8 Å². The highest BCUT2D eigenvalue weighted by atomic mass is 16.2. The van der Waals surface area contributed by atoms with Crippen molar-refractivity contribution in [2.45, 2.75) is 25.8 Å². The summed E-state index contributed by atoms with van der Waals surface area (Å²) in [6.07, 6.45) is 0.516. The number of rotatable bonds is 3. The number of hydrogen-bond acceptors (Lipinski definition) is 4. The SMILES string of the molecule is Cc1cc(C(=O)NC2CCC(=O)NC2=O)n(-c2ccccc2)n1. The lowest BCUT2D eigenvalue weighted by Gasteiger charge is -2.21. The molecule has 1 unspecified atom stereocenters. The van der Waals surface area contributed by atoms with Crippen LogP contribution in [0.5, 0.6) is 0 Å². The van der Waals surface area contributed by atoms with E-state index in [1.165, 1.54) is 4.68 Å². The molecule has 23 heavy (non-hydrogen) atoms. The largest absolute Gasteiger partial charge is 0.339 e. The Bertz CT molecular complexity index is 767. The molecule has 7 heteroatoms. The van der Waals surface area contributed by atoms with E-state index in [0.29, 0.717) is 17.8 Å². The van der Waals surface area contributed by atoms with Gasteiger partial charge in [-0.15, -0.1) is 0 Å². The number of hydrogen-bond donors (Lipinski definition) is 2. The van der Waals surface area contributed by atoms with E-state index in [0.717, 1.165) is 5.69 Å². The number of amides is 3. The van der Waals surface area contributed by atoms with E-state index in [9.17, 15) is 14.4 Å². The summed E-state index contributed by atoms with van der Waals surface area (Å²) < 4.78 is 1.54. The van der Waals surface area contributed by atoms with Crippen molar-refractivity contribution < 1.29 is 14.4 Å². The average Bonchev–Trinajstić information content (AvgIpc) is 2.93. The topological polar surface area (TPSA) is 93.1 Å². The molecule has 0 aliphatic carbocycles. The van der Waals surface area contributed by atoms with Crippen molar-refractivity contribution in [2.75, 3.05) is 0 Å². The Morgan fingerprint density at radius 1 is 1.30 bits per heavy atom. The summed E-state index contributed by atoms with van der Waals surface area (Å²) in [6.45, 7) is 1.79. The van der Waals surface area contributed by atoms with Gasteiger partial charge in [-0.05, 0) is 31.5 Å². The molecule has 2 aromatic rings. The number of para-hydroxylation sites is 1. The van der Waals surface area contributed by atoms with Crippen molar-refractivity contribution in [3.8, 4) is 5.69 Å². The summed E-state index contributed by atoms with van der Waals surface area (Å²) in [5, 5.41) is 9.21. The number of piperidine rings is 1. The Hall–Kier alpha value is -2.96. The molecule has 0 saturated carbocycles. The number of benzene rings is 1. The number of nitrogens with one attached hydrogen (secondary N) is 2. The van der Waals surface area contributed by atoms with Gasteiger partial charge >= 0.3 is 0 Å². The van der Waals surface area contributed by atoms with Crippen LogP contribution < -0.4 is 10.6 Å². The van der Waals surface area contributed by atoms with Crippen molar-refractivity contribution in [1.29, 1.82) is 0 Å². The third-order valence-corrected chi connectivity index (χ3v) is 3.61. The second-order valence-electron chi connectivity index (χ2n) is 5.40. The van der Waals surface area contributed by atoms with Gasteiger partial charge in [0.15, 0.2) is 0 Å². The molecule has 0 bridgehead atoms. The zero-order valence-electron chi connectivity index (χ0n) is 12.6. The first-order valence-electron chi connectivity index (χ1n) is 7.31. The fourth-order valence-corrected chi connectivity index (χ4v) is 2.49. The van der Waals surface area contributed by atoms with Gasteiger partial charge in [0.1, 0.15) is 11.7 Å². The molecule has 1 aromatic carbocycles. The quantitative estimate of drug-likeness (QED) is 0.817. The smallest absolute Gasteiger partial charge is 0.270 e. The molecule has 2 N–H and O–H groups in total. The molecular weight excluding hydrogens is 296 g/mol. The lowest BCUT2D eigenvalue weighted by atomic mass is 10.1. The fraction of sp³-hybridized carbons (Fsp3) is 0.250. The Labute approximate surface area is 132 Å². The summed E-state index contributed by atoms with van der Waals surface area (Å²) in [6, 6.07) is 10.2. The summed E-state index contributed by atoms with van der Waals surface area (Å²) in [7, 11) is 0. The van der Waals surface area contributed by atoms with E-state index in [4.69, 9.17) is 0 Å². The monoisotopic (exact) mass is 312 g/mol. The maximum absolute atomic E-state index is 12.5. The Morgan fingerprint density at radius 3 is 2.74 bits per heavy atom. The van der Waals surface area contributed by atoms with Gasteiger partial charge in [-0.3, -0.25) is 19.7 Å². The third kappa shape index (κ3) is 3.13. The van der Waals surface area contributed by atoms with Crippen LogP contribution in [0.1, 0.15) is 29.0 Å². The van der Waals surface area contributed by atoms with Crippen LogP contribution >= 0.6 is 0 Å². The normalized spacial score (nSPS) is 17.7. The molecule has 1 fully saturated rings. The van der Waals surface area contributed by atoms with Crippen LogP contribution in [0.2, 0.25) is 0 Å². The van der Waals surface area contributed by atoms with Crippen LogP contribution in [0.15, 0.2) is 36.4 Å². The molecule has 0 spiro atoms. The van der Waals surface area contributed by atoms with E-state index in [-0.39, 0.29) is 12.3 Å². The first-order chi connectivity index (χ1) is 11.0.